The van der Waals surface area contributed by atoms with Crippen molar-refractivity contribution < 1.29 is 22.7 Å². The summed E-state index contributed by atoms with van der Waals surface area (Å²) < 4.78 is 35.2. The number of halogens is 3. The molecule has 3 N–H and O–H groups in total. The van der Waals surface area contributed by atoms with Crippen molar-refractivity contribution in [1.29, 1.82) is 0 Å². The second-order valence-corrected chi connectivity index (χ2v) is 11.1. The number of anilines is 1. The first kappa shape index (κ1) is 29.7. The number of carbonyl (C=O) groups is 2. The Bertz CT molecular complexity index is 1400. The highest BCUT2D eigenvalue weighted by Gasteiger charge is 2.20. The van der Waals surface area contributed by atoms with Gasteiger partial charge in [0.25, 0.3) is 15.9 Å². The number of sulfonamides is 1. The van der Waals surface area contributed by atoms with Crippen LogP contribution in [0.1, 0.15) is 10.4 Å². The van der Waals surface area contributed by atoms with Gasteiger partial charge in [0, 0.05) is 36.2 Å². The molecule has 4 rings (SSSR count). The maximum Gasteiger partial charge on any atom is 0.262 e. The fourth-order valence-corrected chi connectivity index (χ4v) is 5.37. The minimum absolute atomic E-state index is 0. The van der Waals surface area contributed by atoms with Crippen LogP contribution in [0.5, 0.6) is 11.5 Å². The van der Waals surface area contributed by atoms with Gasteiger partial charge < -0.3 is 20.3 Å². The average Bonchev–Trinajstić information content (AvgIpc) is 2.90. The number of para-hydroxylation sites is 2. The van der Waals surface area contributed by atoms with Crippen molar-refractivity contribution in [3.63, 3.8) is 0 Å². The number of nitrogens with zero attached hydrogens (tertiary/aromatic N) is 1. The molecule has 1 fully saturated rings. The zero-order chi connectivity index (χ0) is 26.4. The summed E-state index contributed by atoms with van der Waals surface area (Å²) in [7, 11) is -4.00. The third kappa shape index (κ3) is 7.61. The number of nitrogens with one attached hydrogen (secondary N) is 3. The van der Waals surface area contributed by atoms with Gasteiger partial charge in [0.05, 0.1) is 22.2 Å². The van der Waals surface area contributed by atoms with E-state index in [1.807, 2.05) is 0 Å². The summed E-state index contributed by atoms with van der Waals surface area (Å²) in [6.45, 7) is 2.51. The third-order valence-corrected chi connectivity index (χ3v) is 7.71. The number of amides is 2. The van der Waals surface area contributed by atoms with Gasteiger partial charge in [0.1, 0.15) is 5.75 Å². The van der Waals surface area contributed by atoms with E-state index in [0.29, 0.717) is 23.9 Å². The van der Waals surface area contributed by atoms with Gasteiger partial charge in [-0.3, -0.25) is 14.3 Å². The third-order valence-electron chi connectivity index (χ3n) is 5.54. The van der Waals surface area contributed by atoms with Gasteiger partial charge in [-0.25, -0.2) is 8.42 Å². The van der Waals surface area contributed by atoms with E-state index in [2.05, 4.69) is 31.3 Å². The van der Waals surface area contributed by atoms with Crippen LogP contribution in [0.4, 0.5) is 5.69 Å². The lowest BCUT2D eigenvalue weighted by Crippen LogP contribution is -2.49. The number of ether oxygens (including phenoxy) is 1. The quantitative estimate of drug-likeness (QED) is 0.337. The molecular weight excluding hydrogens is 619 g/mol. The average molecular weight is 644 g/mol. The number of piperazine rings is 1. The SMILES string of the molecule is Cl.O=C(NCC(=O)N1CCNCC1)c1ccc(S(=O)(=O)Nc2ccccc2Oc2ccc(Br)cc2Cl)cc1. The summed E-state index contributed by atoms with van der Waals surface area (Å²) in [5.74, 6) is -0.00293. The zero-order valence-corrected chi connectivity index (χ0v) is 23.9. The van der Waals surface area contributed by atoms with Gasteiger partial charge in [-0.05, 0) is 54.6 Å². The van der Waals surface area contributed by atoms with E-state index >= 15 is 0 Å². The summed E-state index contributed by atoms with van der Waals surface area (Å²) in [5.41, 5.74) is 0.454. The van der Waals surface area contributed by atoms with Crippen LogP contribution in [0.25, 0.3) is 0 Å². The van der Waals surface area contributed by atoms with Crippen LogP contribution >= 0.6 is 39.9 Å². The summed E-state index contributed by atoms with van der Waals surface area (Å²) in [5, 5.41) is 6.11. The van der Waals surface area contributed by atoms with Crippen molar-refractivity contribution in [2.24, 2.45) is 0 Å². The summed E-state index contributed by atoms with van der Waals surface area (Å²) in [6, 6.07) is 17.1. The second-order valence-electron chi connectivity index (χ2n) is 8.12. The number of rotatable bonds is 8. The first-order valence-electron chi connectivity index (χ1n) is 11.3. The van der Waals surface area contributed by atoms with Gasteiger partial charge in [0.15, 0.2) is 5.75 Å². The maximum atomic E-state index is 13.0. The van der Waals surface area contributed by atoms with Crippen LogP contribution in [0.3, 0.4) is 0 Å². The topological polar surface area (TPSA) is 117 Å². The molecule has 0 bridgehead atoms. The van der Waals surface area contributed by atoms with Gasteiger partial charge >= 0.3 is 0 Å². The van der Waals surface area contributed by atoms with Crippen LogP contribution in [-0.4, -0.2) is 57.9 Å². The Morgan fingerprint density at radius 3 is 2.37 bits per heavy atom. The van der Waals surface area contributed by atoms with Crippen LogP contribution in [0.15, 0.2) is 76.1 Å². The minimum atomic E-state index is -4.00. The second kappa shape index (κ2) is 13.3. The molecule has 3 aromatic rings. The van der Waals surface area contributed by atoms with E-state index in [4.69, 9.17) is 16.3 Å². The highest BCUT2D eigenvalue weighted by Crippen LogP contribution is 2.35. The minimum Gasteiger partial charge on any atom is -0.454 e. The van der Waals surface area contributed by atoms with Gasteiger partial charge in [-0.15, -0.1) is 12.4 Å². The highest BCUT2D eigenvalue weighted by atomic mass is 79.9. The van der Waals surface area contributed by atoms with E-state index in [9.17, 15) is 18.0 Å². The first-order valence-corrected chi connectivity index (χ1v) is 14.0. The zero-order valence-electron chi connectivity index (χ0n) is 19.9. The van der Waals surface area contributed by atoms with Gasteiger partial charge in [-0.2, -0.15) is 0 Å². The summed E-state index contributed by atoms with van der Waals surface area (Å²) >= 11 is 9.56. The standard InChI is InChI=1S/C25H24BrClN4O5S.ClH/c26-18-7-10-22(20(27)15-18)36-23-4-2-1-3-21(23)30-37(34,35)19-8-5-17(6-9-19)25(33)29-16-24(32)31-13-11-28-12-14-31;/h1-10,15,28,30H,11-14,16H2,(H,29,33);1H. The Morgan fingerprint density at radius 2 is 1.68 bits per heavy atom. The molecule has 202 valence electrons. The molecule has 1 heterocycles. The molecule has 0 unspecified atom stereocenters. The Kier molecular flexibility index (Phi) is 10.4. The molecule has 0 radical (unpaired) electrons. The van der Waals surface area contributed by atoms with Crippen molar-refractivity contribution in [1.82, 2.24) is 15.5 Å². The first-order chi connectivity index (χ1) is 17.7. The van der Waals surface area contributed by atoms with Crippen LogP contribution in [0, 0.1) is 0 Å². The van der Waals surface area contributed by atoms with E-state index < -0.39 is 15.9 Å². The highest BCUT2D eigenvalue weighted by molar-refractivity contribution is 9.10. The molecule has 38 heavy (non-hydrogen) atoms. The van der Waals surface area contributed by atoms with Crippen molar-refractivity contribution in [3.05, 3.63) is 81.8 Å². The molecule has 1 aliphatic heterocycles. The summed E-state index contributed by atoms with van der Waals surface area (Å²) in [6.07, 6.45) is 0. The molecule has 9 nitrogen and oxygen atoms in total. The van der Waals surface area contributed by atoms with Gasteiger partial charge in [0.2, 0.25) is 5.91 Å². The molecule has 1 aliphatic rings. The van der Waals surface area contributed by atoms with Crippen molar-refractivity contribution >= 4 is 67.5 Å². The number of carbonyl (C=O) groups excluding carboxylic acids is 2. The number of hydrogen-bond donors (Lipinski definition) is 3. The van der Waals surface area contributed by atoms with Crippen LogP contribution in [0.2, 0.25) is 5.02 Å². The molecule has 2 amide bonds. The molecule has 0 spiro atoms. The monoisotopic (exact) mass is 642 g/mol. The predicted molar refractivity (Wildman–Crippen MR) is 152 cm³/mol. The lowest BCUT2D eigenvalue weighted by molar-refractivity contribution is -0.130. The molecule has 1 saturated heterocycles. The normalized spacial score (nSPS) is 13.3. The van der Waals surface area contributed by atoms with E-state index in [1.54, 1.807) is 47.4 Å². The van der Waals surface area contributed by atoms with E-state index in [0.717, 1.165) is 17.6 Å². The molecule has 0 aliphatic carbocycles. The van der Waals surface area contributed by atoms with Crippen molar-refractivity contribution in [2.45, 2.75) is 4.90 Å². The Balaban J connectivity index is 0.00000400. The fourth-order valence-electron chi connectivity index (χ4n) is 3.59. The fraction of sp³-hybridized carbons (Fsp3) is 0.200. The summed E-state index contributed by atoms with van der Waals surface area (Å²) in [4.78, 5) is 26.3. The van der Waals surface area contributed by atoms with Gasteiger partial charge in [-0.1, -0.05) is 39.7 Å². The number of hydrogen-bond acceptors (Lipinski definition) is 6. The lowest BCUT2D eigenvalue weighted by atomic mass is 10.2. The molecule has 0 saturated carbocycles. The lowest BCUT2D eigenvalue weighted by Gasteiger charge is -2.27. The molecular formula is C25H25BrCl2N4O5S. The maximum absolute atomic E-state index is 13.0. The van der Waals surface area contributed by atoms with E-state index in [-0.39, 0.29) is 46.8 Å². The van der Waals surface area contributed by atoms with Crippen LogP contribution in [-0.2, 0) is 14.8 Å². The molecule has 13 heteroatoms. The number of benzene rings is 3. The Labute approximate surface area is 240 Å². The molecule has 0 atom stereocenters. The van der Waals surface area contributed by atoms with Crippen molar-refractivity contribution in [2.75, 3.05) is 37.4 Å². The molecule has 3 aromatic carbocycles. The van der Waals surface area contributed by atoms with Crippen LogP contribution < -0.4 is 20.1 Å². The Morgan fingerprint density at radius 1 is 1.00 bits per heavy atom. The Hall–Kier alpha value is -2.83. The van der Waals surface area contributed by atoms with Crippen molar-refractivity contribution in [3.8, 4) is 11.5 Å². The molecule has 0 aromatic heterocycles. The smallest absolute Gasteiger partial charge is 0.262 e. The predicted octanol–water partition coefficient (Wildman–Crippen LogP) is 4.28. The largest absolute Gasteiger partial charge is 0.454 e. The van der Waals surface area contributed by atoms with E-state index in [1.165, 1.54) is 24.3 Å².